The molecule has 0 spiro atoms. The minimum atomic E-state index is -0.673. The lowest BCUT2D eigenvalue weighted by Gasteiger charge is -2.22. The standard InChI is InChI=1S/C58H113NO5/c1-3-5-7-9-11-13-15-17-18-19-20-21-25-28-32-36-40-44-48-52-58(63)64-53-49-45-41-37-33-29-26-23-22-24-27-31-35-39-43-47-51-57(62)59-55(54-60)56(61)50-46-42-38-34-30-16-14-12-10-8-6-4-2/h22,24,55-56,60-61H,3-21,23,25-54H2,1-2H3,(H,59,62)/b24-22-. The van der Waals surface area contributed by atoms with Crippen LogP contribution in [0.4, 0.5) is 0 Å². The third-order valence-corrected chi connectivity index (χ3v) is 13.6. The summed E-state index contributed by atoms with van der Waals surface area (Å²) < 4.78 is 5.49. The van der Waals surface area contributed by atoms with Crippen LogP contribution in [0.25, 0.3) is 0 Å². The first-order chi connectivity index (χ1) is 31.5. The van der Waals surface area contributed by atoms with Gasteiger partial charge in [-0.2, -0.15) is 0 Å². The number of nitrogens with one attached hydrogen (secondary N) is 1. The van der Waals surface area contributed by atoms with E-state index in [9.17, 15) is 19.8 Å². The Kier molecular flexibility index (Phi) is 53.0. The summed E-state index contributed by atoms with van der Waals surface area (Å²) in [5.74, 6) is -0.0490. The number of aliphatic hydroxyl groups is 2. The highest BCUT2D eigenvalue weighted by atomic mass is 16.5. The van der Waals surface area contributed by atoms with Gasteiger partial charge in [0, 0.05) is 12.8 Å². The van der Waals surface area contributed by atoms with Gasteiger partial charge in [-0.05, 0) is 51.4 Å². The predicted molar refractivity (Wildman–Crippen MR) is 278 cm³/mol. The molecule has 6 heteroatoms. The van der Waals surface area contributed by atoms with Crippen molar-refractivity contribution in [2.75, 3.05) is 13.2 Å². The normalized spacial score (nSPS) is 12.6. The molecule has 0 aliphatic heterocycles. The van der Waals surface area contributed by atoms with E-state index in [1.807, 2.05) is 0 Å². The molecule has 0 saturated heterocycles. The maximum atomic E-state index is 12.4. The van der Waals surface area contributed by atoms with Crippen molar-refractivity contribution in [3.05, 3.63) is 12.2 Å². The van der Waals surface area contributed by atoms with Crippen LogP contribution in [0.15, 0.2) is 12.2 Å². The number of hydrogen-bond acceptors (Lipinski definition) is 5. The average Bonchev–Trinajstić information content (AvgIpc) is 3.29. The van der Waals surface area contributed by atoms with E-state index in [0.717, 1.165) is 64.2 Å². The Morgan fingerprint density at radius 2 is 0.734 bits per heavy atom. The summed E-state index contributed by atoms with van der Waals surface area (Å²) in [7, 11) is 0. The fourth-order valence-electron chi connectivity index (χ4n) is 9.11. The van der Waals surface area contributed by atoms with Crippen LogP contribution in [0, 0.1) is 0 Å². The number of amides is 1. The molecule has 0 aliphatic carbocycles. The van der Waals surface area contributed by atoms with Crippen LogP contribution < -0.4 is 5.32 Å². The van der Waals surface area contributed by atoms with Crippen molar-refractivity contribution in [2.24, 2.45) is 0 Å². The molecular formula is C58H113NO5. The average molecular weight is 905 g/mol. The first-order valence-corrected chi connectivity index (χ1v) is 28.9. The molecule has 0 aromatic rings. The first kappa shape index (κ1) is 62.6. The zero-order valence-electron chi connectivity index (χ0n) is 43.3. The van der Waals surface area contributed by atoms with Crippen LogP contribution in [-0.4, -0.2) is 47.4 Å². The number of aliphatic hydroxyl groups excluding tert-OH is 2. The number of unbranched alkanes of at least 4 members (excludes halogenated alkanes) is 41. The van der Waals surface area contributed by atoms with Crippen LogP contribution in [-0.2, 0) is 14.3 Å². The summed E-state index contributed by atoms with van der Waals surface area (Å²) in [6.07, 6.45) is 63.5. The predicted octanol–water partition coefficient (Wildman–Crippen LogP) is 17.7. The molecule has 0 rings (SSSR count). The van der Waals surface area contributed by atoms with Crippen LogP contribution in [0.3, 0.4) is 0 Å². The van der Waals surface area contributed by atoms with E-state index in [4.69, 9.17) is 4.74 Å². The van der Waals surface area contributed by atoms with E-state index >= 15 is 0 Å². The second kappa shape index (κ2) is 54.2. The van der Waals surface area contributed by atoms with Crippen molar-refractivity contribution >= 4 is 11.9 Å². The third-order valence-electron chi connectivity index (χ3n) is 13.6. The molecule has 0 aromatic carbocycles. The van der Waals surface area contributed by atoms with Gasteiger partial charge >= 0.3 is 5.97 Å². The molecule has 0 bridgehead atoms. The molecular weight excluding hydrogens is 791 g/mol. The fraction of sp³-hybridized carbons (Fsp3) is 0.931. The molecule has 0 aliphatic rings. The van der Waals surface area contributed by atoms with E-state index in [1.165, 1.54) is 225 Å². The number of esters is 1. The molecule has 0 fully saturated rings. The van der Waals surface area contributed by atoms with Crippen molar-refractivity contribution < 1.29 is 24.5 Å². The van der Waals surface area contributed by atoms with Crippen LogP contribution in [0.2, 0.25) is 0 Å². The minimum Gasteiger partial charge on any atom is -0.466 e. The van der Waals surface area contributed by atoms with Gasteiger partial charge in [0.1, 0.15) is 0 Å². The van der Waals surface area contributed by atoms with Crippen molar-refractivity contribution in [3.8, 4) is 0 Å². The van der Waals surface area contributed by atoms with E-state index in [1.54, 1.807) is 0 Å². The van der Waals surface area contributed by atoms with E-state index in [-0.39, 0.29) is 18.5 Å². The molecule has 0 heterocycles. The highest BCUT2D eigenvalue weighted by Crippen LogP contribution is 2.17. The number of allylic oxidation sites excluding steroid dienone is 2. The Morgan fingerprint density at radius 3 is 1.11 bits per heavy atom. The number of ether oxygens (including phenoxy) is 1. The van der Waals surface area contributed by atoms with Crippen LogP contribution >= 0.6 is 0 Å². The summed E-state index contributed by atoms with van der Waals surface area (Å²) in [5.41, 5.74) is 0. The van der Waals surface area contributed by atoms with Gasteiger partial charge in [0.25, 0.3) is 0 Å². The summed E-state index contributed by atoms with van der Waals surface area (Å²) in [5, 5.41) is 23.2. The fourth-order valence-corrected chi connectivity index (χ4v) is 9.11. The van der Waals surface area contributed by atoms with Crippen LogP contribution in [0.5, 0.6) is 0 Å². The number of carbonyl (C=O) groups excluding carboxylic acids is 2. The smallest absolute Gasteiger partial charge is 0.305 e. The Morgan fingerprint density at radius 1 is 0.422 bits per heavy atom. The number of carbonyl (C=O) groups is 2. The molecule has 2 atom stereocenters. The Bertz CT molecular complexity index is 955. The third kappa shape index (κ3) is 50.0. The number of rotatable bonds is 54. The van der Waals surface area contributed by atoms with Gasteiger partial charge in [0.15, 0.2) is 0 Å². The molecule has 64 heavy (non-hydrogen) atoms. The molecule has 0 radical (unpaired) electrons. The van der Waals surface area contributed by atoms with Gasteiger partial charge in [0.2, 0.25) is 5.91 Å². The van der Waals surface area contributed by atoms with Gasteiger partial charge in [-0.15, -0.1) is 0 Å². The van der Waals surface area contributed by atoms with Crippen molar-refractivity contribution in [3.63, 3.8) is 0 Å². The van der Waals surface area contributed by atoms with Gasteiger partial charge in [-0.1, -0.05) is 270 Å². The van der Waals surface area contributed by atoms with Gasteiger partial charge in [-0.3, -0.25) is 9.59 Å². The summed E-state index contributed by atoms with van der Waals surface area (Å²) in [6.45, 7) is 4.94. The largest absolute Gasteiger partial charge is 0.466 e. The van der Waals surface area contributed by atoms with Crippen molar-refractivity contribution in [1.82, 2.24) is 5.32 Å². The Balaban J connectivity index is 3.41. The summed E-state index contributed by atoms with van der Waals surface area (Å²) in [6, 6.07) is -0.552. The highest BCUT2D eigenvalue weighted by Gasteiger charge is 2.20. The van der Waals surface area contributed by atoms with E-state index in [0.29, 0.717) is 25.9 Å². The molecule has 0 aromatic heterocycles. The lowest BCUT2D eigenvalue weighted by atomic mass is 10.0. The van der Waals surface area contributed by atoms with Gasteiger partial charge < -0.3 is 20.3 Å². The lowest BCUT2D eigenvalue weighted by molar-refractivity contribution is -0.143. The van der Waals surface area contributed by atoms with Crippen LogP contribution in [0.1, 0.15) is 322 Å². The Hall–Kier alpha value is -1.40. The SMILES string of the molecule is CCCCCCCCCCCCCCCCCCCCCC(=O)OCCCCCCCCC/C=C\CCCCCCCC(=O)NC(CO)C(O)CCCCCCCCCCCCCC. The molecule has 6 nitrogen and oxygen atoms in total. The Labute approximate surface area is 399 Å². The minimum absolute atomic E-state index is 0.00233. The highest BCUT2D eigenvalue weighted by molar-refractivity contribution is 5.76. The monoisotopic (exact) mass is 904 g/mol. The van der Waals surface area contributed by atoms with E-state index < -0.39 is 12.1 Å². The first-order valence-electron chi connectivity index (χ1n) is 28.9. The molecule has 2 unspecified atom stereocenters. The zero-order chi connectivity index (χ0) is 46.5. The lowest BCUT2D eigenvalue weighted by Crippen LogP contribution is -2.45. The topological polar surface area (TPSA) is 95.9 Å². The quantitative estimate of drug-likeness (QED) is 0.0321. The maximum Gasteiger partial charge on any atom is 0.305 e. The second-order valence-electron chi connectivity index (χ2n) is 20.0. The summed E-state index contributed by atoms with van der Waals surface area (Å²) >= 11 is 0. The van der Waals surface area contributed by atoms with Crippen molar-refractivity contribution in [2.45, 2.75) is 334 Å². The van der Waals surface area contributed by atoms with Gasteiger partial charge in [0.05, 0.1) is 25.4 Å². The number of hydrogen-bond donors (Lipinski definition) is 3. The molecule has 0 saturated carbocycles. The second-order valence-corrected chi connectivity index (χ2v) is 20.0. The zero-order valence-corrected chi connectivity index (χ0v) is 43.3. The molecule has 1 amide bonds. The van der Waals surface area contributed by atoms with E-state index in [2.05, 4.69) is 31.3 Å². The maximum absolute atomic E-state index is 12.4. The molecule has 3 N–H and O–H groups in total. The summed E-state index contributed by atoms with van der Waals surface area (Å²) in [4.78, 5) is 24.5. The van der Waals surface area contributed by atoms with Crippen molar-refractivity contribution in [1.29, 1.82) is 0 Å². The molecule has 380 valence electrons. The van der Waals surface area contributed by atoms with Gasteiger partial charge in [-0.25, -0.2) is 0 Å².